The van der Waals surface area contributed by atoms with Gasteiger partial charge < -0.3 is 5.32 Å². The molecule has 0 unspecified atom stereocenters. The van der Waals surface area contributed by atoms with E-state index in [2.05, 4.69) is 11.4 Å². The van der Waals surface area contributed by atoms with Gasteiger partial charge in [0.05, 0.1) is 27.4 Å². The summed E-state index contributed by atoms with van der Waals surface area (Å²) in [7, 11) is 1.93. The van der Waals surface area contributed by atoms with Crippen LogP contribution in [0, 0.1) is 10.1 Å². The number of nitrogens with zero attached hydrogens (tertiary/aromatic N) is 2. The first-order valence-corrected chi connectivity index (χ1v) is 7.96. The quantitative estimate of drug-likeness (QED) is 0.261. The van der Waals surface area contributed by atoms with E-state index < -0.39 is 0 Å². The summed E-state index contributed by atoms with van der Waals surface area (Å²) in [6.07, 6.45) is 0. The zero-order chi connectivity index (χ0) is 17.4. The number of nitro benzene ring substituents is 1. The molecule has 0 bridgehead atoms. The number of pyridine rings is 1. The Bertz CT molecular complexity index is 1110. The summed E-state index contributed by atoms with van der Waals surface area (Å²) in [6.45, 7) is 0. The number of rotatable bonds is 3. The number of aromatic nitrogens is 1. The van der Waals surface area contributed by atoms with E-state index in [4.69, 9.17) is 0 Å². The predicted octanol–water partition coefficient (Wildman–Crippen LogP) is 4.47. The summed E-state index contributed by atoms with van der Waals surface area (Å²) >= 11 is 0. The first-order chi connectivity index (χ1) is 12.1. The molecule has 1 heterocycles. The van der Waals surface area contributed by atoms with Crippen LogP contribution in [0.4, 0.5) is 17.1 Å². The van der Waals surface area contributed by atoms with Crippen molar-refractivity contribution in [1.29, 1.82) is 0 Å². The maximum Gasteiger partial charge on any atom is 0.276 e. The summed E-state index contributed by atoms with van der Waals surface area (Å²) in [6, 6.07) is 22.9. The first-order valence-electron chi connectivity index (χ1n) is 7.96. The molecule has 1 N–H and O–H groups in total. The Balaban J connectivity index is 2.06. The van der Waals surface area contributed by atoms with Crippen LogP contribution in [0.1, 0.15) is 0 Å². The Morgan fingerprint density at radius 2 is 1.56 bits per heavy atom. The minimum absolute atomic E-state index is 0.0871. The van der Waals surface area contributed by atoms with Crippen LogP contribution in [0.2, 0.25) is 0 Å². The number of nitro groups is 1. The Morgan fingerprint density at radius 1 is 0.880 bits per heavy atom. The van der Waals surface area contributed by atoms with Gasteiger partial charge in [-0.2, -0.15) is 4.57 Å². The van der Waals surface area contributed by atoms with Crippen LogP contribution < -0.4 is 9.88 Å². The van der Waals surface area contributed by atoms with Gasteiger partial charge in [0.15, 0.2) is 0 Å². The zero-order valence-electron chi connectivity index (χ0n) is 13.6. The Labute approximate surface area is 144 Å². The van der Waals surface area contributed by atoms with Crippen LogP contribution >= 0.6 is 0 Å². The van der Waals surface area contributed by atoms with Crippen molar-refractivity contribution in [3.05, 3.63) is 82.9 Å². The fourth-order valence-electron chi connectivity index (χ4n) is 3.18. The summed E-state index contributed by atoms with van der Waals surface area (Å²) in [5.74, 6) is 0. The van der Waals surface area contributed by atoms with Crippen LogP contribution in [0.25, 0.3) is 21.8 Å². The van der Waals surface area contributed by atoms with E-state index in [9.17, 15) is 10.1 Å². The fourth-order valence-corrected chi connectivity index (χ4v) is 3.18. The van der Waals surface area contributed by atoms with Gasteiger partial charge in [-0.15, -0.1) is 0 Å². The molecule has 0 fully saturated rings. The lowest BCUT2D eigenvalue weighted by molar-refractivity contribution is -0.617. The third-order valence-corrected chi connectivity index (χ3v) is 4.40. The minimum Gasteiger partial charge on any atom is -0.354 e. The number of hydrogen-bond donors (Lipinski definition) is 1. The van der Waals surface area contributed by atoms with Gasteiger partial charge in [0, 0.05) is 17.8 Å². The summed E-state index contributed by atoms with van der Waals surface area (Å²) in [5.41, 5.74) is 3.83. The first kappa shape index (κ1) is 15.1. The Hall–Kier alpha value is -3.47. The third-order valence-electron chi connectivity index (χ3n) is 4.40. The van der Waals surface area contributed by atoms with Gasteiger partial charge in [0.1, 0.15) is 7.05 Å². The normalized spacial score (nSPS) is 10.9. The number of nitrogens with one attached hydrogen (secondary N) is 1. The molecule has 0 saturated carbocycles. The third kappa shape index (κ3) is 2.55. The van der Waals surface area contributed by atoms with Crippen LogP contribution in [0.3, 0.4) is 0 Å². The molecule has 0 amide bonds. The summed E-state index contributed by atoms with van der Waals surface area (Å²) in [5, 5.41) is 16.7. The van der Waals surface area contributed by atoms with Crippen LogP contribution in [0.5, 0.6) is 0 Å². The number of hydrogen-bond acceptors (Lipinski definition) is 3. The minimum atomic E-state index is -0.362. The molecule has 0 aliphatic carbocycles. The van der Waals surface area contributed by atoms with E-state index in [1.165, 1.54) is 0 Å². The molecule has 4 rings (SSSR count). The molecule has 5 nitrogen and oxygen atoms in total. The van der Waals surface area contributed by atoms with Crippen LogP contribution in [0.15, 0.2) is 72.8 Å². The molecule has 3 aromatic carbocycles. The lowest BCUT2D eigenvalue weighted by Gasteiger charge is -2.12. The second kappa shape index (κ2) is 5.87. The standard InChI is InChI=1S/C20H15N3O2/c1-22-18-10-6-5-9-16(18)20(21-14-7-3-2-4-8-14)17-12-11-15(23(24)25)13-19(17)22/h2-13H,1H3/p+1. The highest BCUT2D eigenvalue weighted by Gasteiger charge is 2.20. The molecular formula is C20H16N3O2+. The van der Waals surface area contributed by atoms with Gasteiger partial charge in [0.2, 0.25) is 11.0 Å². The van der Waals surface area contributed by atoms with Gasteiger partial charge in [-0.3, -0.25) is 10.1 Å². The van der Waals surface area contributed by atoms with Crippen molar-refractivity contribution >= 4 is 38.9 Å². The highest BCUT2D eigenvalue weighted by atomic mass is 16.6. The second-order valence-corrected chi connectivity index (χ2v) is 5.90. The number of fused-ring (bicyclic) bond motifs is 2. The van der Waals surface area contributed by atoms with E-state index in [0.717, 1.165) is 33.2 Å². The molecule has 0 aliphatic rings. The molecule has 0 radical (unpaired) electrons. The van der Waals surface area contributed by atoms with E-state index in [-0.39, 0.29) is 10.6 Å². The molecule has 0 aliphatic heterocycles. The number of aryl methyl sites for hydroxylation is 1. The smallest absolute Gasteiger partial charge is 0.276 e. The molecule has 122 valence electrons. The van der Waals surface area contributed by atoms with Crippen molar-refractivity contribution in [2.24, 2.45) is 7.05 Å². The SMILES string of the molecule is C[n+]1c2ccccc2c(Nc2ccccc2)c2ccc([N+](=O)[O-])cc21. The van der Waals surface area contributed by atoms with E-state index >= 15 is 0 Å². The van der Waals surface area contributed by atoms with E-state index in [1.807, 2.05) is 66.2 Å². The van der Waals surface area contributed by atoms with Crippen molar-refractivity contribution < 1.29 is 9.49 Å². The van der Waals surface area contributed by atoms with E-state index in [1.54, 1.807) is 12.1 Å². The summed E-state index contributed by atoms with van der Waals surface area (Å²) < 4.78 is 1.99. The van der Waals surface area contributed by atoms with E-state index in [0.29, 0.717) is 0 Å². The summed E-state index contributed by atoms with van der Waals surface area (Å²) in [4.78, 5) is 10.8. The molecular weight excluding hydrogens is 314 g/mol. The Morgan fingerprint density at radius 3 is 2.32 bits per heavy atom. The predicted molar refractivity (Wildman–Crippen MR) is 99.0 cm³/mol. The average molecular weight is 330 g/mol. The fraction of sp³-hybridized carbons (Fsp3) is 0.0500. The lowest BCUT2D eigenvalue weighted by Crippen LogP contribution is -2.30. The monoisotopic (exact) mass is 330 g/mol. The van der Waals surface area contributed by atoms with Crippen molar-refractivity contribution in [2.75, 3.05) is 5.32 Å². The highest BCUT2D eigenvalue weighted by Crippen LogP contribution is 2.33. The number of para-hydroxylation sites is 2. The number of benzene rings is 3. The average Bonchev–Trinajstić information content (AvgIpc) is 2.65. The van der Waals surface area contributed by atoms with Crippen LogP contribution in [-0.4, -0.2) is 4.92 Å². The van der Waals surface area contributed by atoms with Gasteiger partial charge >= 0.3 is 0 Å². The second-order valence-electron chi connectivity index (χ2n) is 5.90. The van der Waals surface area contributed by atoms with Gasteiger partial charge in [-0.05, 0) is 24.3 Å². The maximum atomic E-state index is 11.2. The van der Waals surface area contributed by atoms with Gasteiger partial charge in [0.25, 0.3) is 5.69 Å². The molecule has 25 heavy (non-hydrogen) atoms. The highest BCUT2D eigenvalue weighted by molar-refractivity contribution is 6.06. The maximum absolute atomic E-state index is 11.2. The van der Waals surface area contributed by atoms with Crippen molar-refractivity contribution in [1.82, 2.24) is 0 Å². The van der Waals surface area contributed by atoms with Crippen molar-refractivity contribution in [2.45, 2.75) is 0 Å². The van der Waals surface area contributed by atoms with Crippen molar-refractivity contribution in [3.8, 4) is 0 Å². The van der Waals surface area contributed by atoms with Crippen molar-refractivity contribution in [3.63, 3.8) is 0 Å². The molecule has 0 atom stereocenters. The van der Waals surface area contributed by atoms with Crippen LogP contribution in [-0.2, 0) is 7.05 Å². The van der Waals surface area contributed by atoms with Gasteiger partial charge in [-0.25, -0.2) is 0 Å². The zero-order valence-corrected chi connectivity index (χ0v) is 13.6. The molecule has 4 aromatic rings. The van der Waals surface area contributed by atoms with Gasteiger partial charge in [-0.1, -0.05) is 30.3 Å². The Kier molecular flexibility index (Phi) is 3.54. The molecule has 0 saturated heterocycles. The molecule has 1 aromatic heterocycles. The number of non-ortho nitro benzene ring substituents is 1. The molecule has 5 heteroatoms. The number of anilines is 2. The largest absolute Gasteiger partial charge is 0.354 e. The molecule has 0 spiro atoms. The topological polar surface area (TPSA) is 59.0 Å². The lowest BCUT2D eigenvalue weighted by atomic mass is 10.1.